The average molecular weight is 535 g/mol. The number of ketones is 1. The van der Waals surface area contributed by atoms with Crippen LogP contribution in [-0.4, -0.2) is 101 Å². The maximum Gasteiger partial charge on any atom is 0.338 e. The van der Waals surface area contributed by atoms with Crippen molar-refractivity contribution in [3.63, 3.8) is 0 Å². The Morgan fingerprint density at radius 1 is 1.08 bits per heavy atom. The molecule has 3 saturated heterocycles. The van der Waals surface area contributed by atoms with Crippen LogP contribution in [0.4, 0.5) is 0 Å². The summed E-state index contributed by atoms with van der Waals surface area (Å²) in [6, 6.07) is 0. The molecule has 5 fully saturated rings. The van der Waals surface area contributed by atoms with E-state index >= 15 is 0 Å². The van der Waals surface area contributed by atoms with Crippen LogP contribution in [0.3, 0.4) is 0 Å². The van der Waals surface area contributed by atoms with Crippen molar-refractivity contribution < 1.29 is 53.0 Å². The summed E-state index contributed by atoms with van der Waals surface area (Å²) in [6.45, 7) is 4.79. The largest absolute Gasteiger partial charge is 0.463 e. The molecule has 4 aliphatic heterocycles. The summed E-state index contributed by atoms with van der Waals surface area (Å²) < 4.78 is 35.0. The number of allylic oxidation sites excluding steroid dienone is 2. The van der Waals surface area contributed by atoms with Gasteiger partial charge in [-0.15, -0.1) is 0 Å². The van der Waals surface area contributed by atoms with Gasteiger partial charge in [0.25, 0.3) is 0 Å². The molecule has 2 saturated carbocycles. The minimum absolute atomic E-state index is 0.130. The summed E-state index contributed by atoms with van der Waals surface area (Å²) in [6.07, 6.45) is 1.09. The first-order chi connectivity index (χ1) is 18.0. The summed E-state index contributed by atoms with van der Waals surface area (Å²) in [5.74, 6) is -2.15. The molecule has 0 unspecified atom stereocenters. The molecule has 38 heavy (non-hydrogen) atoms. The van der Waals surface area contributed by atoms with Gasteiger partial charge < -0.3 is 38.6 Å². The number of fused-ring (bicyclic) bond motifs is 4. The third kappa shape index (κ3) is 4.06. The maximum atomic E-state index is 13.4. The number of aliphatic hydroxyl groups is 2. The molecule has 2 N–H and O–H groups in total. The van der Waals surface area contributed by atoms with Gasteiger partial charge in [0.2, 0.25) is 0 Å². The summed E-state index contributed by atoms with van der Waals surface area (Å²) in [5, 5.41) is 20.8. The molecule has 0 amide bonds. The van der Waals surface area contributed by atoms with Crippen LogP contribution in [0, 0.1) is 11.3 Å². The molecule has 6 rings (SSSR count). The fourth-order valence-electron chi connectivity index (χ4n) is 6.72. The van der Waals surface area contributed by atoms with Crippen molar-refractivity contribution in [2.45, 2.75) is 100 Å². The molecule has 11 heteroatoms. The Bertz CT molecular complexity index is 1080. The highest BCUT2D eigenvalue weighted by atomic mass is 16.7. The second kappa shape index (κ2) is 8.94. The minimum Gasteiger partial charge on any atom is -0.463 e. The molecule has 6 aliphatic rings. The summed E-state index contributed by atoms with van der Waals surface area (Å²) in [7, 11) is 0. The van der Waals surface area contributed by atoms with Gasteiger partial charge in [0.15, 0.2) is 11.9 Å². The molecule has 1 spiro atoms. The number of hydrogen-bond donors (Lipinski definition) is 2. The Balaban J connectivity index is 1.31. The summed E-state index contributed by atoms with van der Waals surface area (Å²) in [4.78, 5) is 39.2. The smallest absolute Gasteiger partial charge is 0.338 e. The van der Waals surface area contributed by atoms with E-state index in [2.05, 4.69) is 0 Å². The zero-order valence-electron chi connectivity index (χ0n) is 21.6. The minimum atomic E-state index is -1.22. The van der Waals surface area contributed by atoms with E-state index in [9.17, 15) is 24.6 Å². The van der Waals surface area contributed by atoms with Gasteiger partial charge in [-0.2, -0.15) is 0 Å². The van der Waals surface area contributed by atoms with Crippen molar-refractivity contribution in [3.05, 3.63) is 24.3 Å². The highest BCUT2D eigenvalue weighted by Crippen LogP contribution is 2.62. The van der Waals surface area contributed by atoms with Crippen LogP contribution in [0.15, 0.2) is 24.3 Å². The fourth-order valence-corrected chi connectivity index (χ4v) is 6.72. The highest BCUT2D eigenvalue weighted by molar-refractivity contribution is 5.91. The van der Waals surface area contributed by atoms with Gasteiger partial charge in [-0.25, -0.2) is 9.59 Å². The molecule has 11 nitrogen and oxygen atoms in total. The van der Waals surface area contributed by atoms with Gasteiger partial charge in [-0.05, 0) is 33.6 Å². The second-order valence-corrected chi connectivity index (χ2v) is 11.8. The van der Waals surface area contributed by atoms with Crippen LogP contribution in [0.25, 0.3) is 0 Å². The number of epoxide rings is 2. The van der Waals surface area contributed by atoms with Crippen molar-refractivity contribution in [3.8, 4) is 0 Å². The Hall–Kier alpha value is -2.15. The van der Waals surface area contributed by atoms with E-state index in [1.807, 2.05) is 6.92 Å². The van der Waals surface area contributed by atoms with Gasteiger partial charge in [0.1, 0.15) is 42.7 Å². The molecular formula is C27H34O11. The summed E-state index contributed by atoms with van der Waals surface area (Å²) in [5.41, 5.74) is -2.48. The summed E-state index contributed by atoms with van der Waals surface area (Å²) >= 11 is 0. The van der Waals surface area contributed by atoms with Crippen molar-refractivity contribution in [1.82, 2.24) is 0 Å². The van der Waals surface area contributed by atoms with Gasteiger partial charge in [-0.3, -0.25) is 4.79 Å². The van der Waals surface area contributed by atoms with E-state index in [1.54, 1.807) is 13.0 Å². The lowest BCUT2D eigenvalue weighted by atomic mass is 9.60. The number of hydrogen-bond acceptors (Lipinski definition) is 11. The average Bonchev–Trinajstić information content (AvgIpc) is 3.73. The van der Waals surface area contributed by atoms with E-state index < -0.39 is 71.6 Å². The van der Waals surface area contributed by atoms with Crippen molar-refractivity contribution in [2.75, 3.05) is 13.2 Å². The van der Waals surface area contributed by atoms with Crippen LogP contribution < -0.4 is 0 Å². The monoisotopic (exact) mass is 534 g/mol. The van der Waals surface area contributed by atoms with Crippen molar-refractivity contribution in [2.24, 2.45) is 11.3 Å². The lowest BCUT2D eigenvalue weighted by Gasteiger charge is -2.49. The lowest BCUT2D eigenvalue weighted by molar-refractivity contribution is -0.194. The van der Waals surface area contributed by atoms with E-state index in [0.717, 1.165) is 0 Å². The van der Waals surface area contributed by atoms with Crippen molar-refractivity contribution >= 4 is 17.7 Å². The number of ether oxygens (including phenoxy) is 6. The third-order valence-electron chi connectivity index (χ3n) is 9.27. The Morgan fingerprint density at radius 2 is 1.87 bits per heavy atom. The first-order valence-corrected chi connectivity index (χ1v) is 13.2. The number of rotatable bonds is 1. The number of carbonyl (C=O) groups excluding carboxylic acids is 3. The standard InChI is InChI=1S/C27H34O11/c1-13(28)14-6-4-5-7-18(30)35-15-10-16-20(31)19(15)27(9-8-25(2)21(37-25)22(27)36-16)12-34-24(32)23-26(3,38-23)17(29)11-33-14/h4-7,13-17,19,21-23,28-29H,8-12H2,1-3H3/b6-4+,7-5-/t13-,14+,15+,16+,17-,19-,21-,22-,23+,25+,26+,27-/m0/s1. The molecule has 12 atom stereocenters. The number of Topliss-reactive ketones (excluding diaryl/α,β-unsaturated/α-hetero) is 1. The molecule has 2 aliphatic carbocycles. The van der Waals surface area contributed by atoms with Gasteiger partial charge >= 0.3 is 11.9 Å². The van der Waals surface area contributed by atoms with Crippen LogP contribution in [0.5, 0.6) is 0 Å². The zero-order chi connectivity index (χ0) is 27.0. The first-order valence-electron chi connectivity index (χ1n) is 13.2. The predicted molar refractivity (Wildman–Crippen MR) is 127 cm³/mol. The Morgan fingerprint density at radius 3 is 2.63 bits per heavy atom. The van der Waals surface area contributed by atoms with Crippen molar-refractivity contribution in [1.29, 1.82) is 0 Å². The predicted octanol–water partition coefficient (Wildman–Crippen LogP) is 0.146. The number of cyclic esters (lactones) is 1. The Labute approximate surface area is 220 Å². The van der Waals surface area contributed by atoms with Crippen LogP contribution in [0.2, 0.25) is 0 Å². The molecule has 2 bridgehead atoms. The quantitative estimate of drug-likeness (QED) is 0.349. The number of esters is 2. The second-order valence-electron chi connectivity index (χ2n) is 11.8. The molecule has 0 aromatic heterocycles. The first kappa shape index (κ1) is 26.1. The molecular weight excluding hydrogens is 500 g/mol. The number of carbonyl (C=O) groups is 3. The SMILES string of the molecule is C[C@H](O)[C@H]1/C=C/C=C\C(=O)O[C@@H]2C[C@H]3O[C@H]4[C@@H]5O[C@]5(C)CC[C@]4(COC(=O)[C@H]4O[C@]4(C)[C@@H](O)CO1)[C@@H]2C3=O. The molecule has 0 aromatic rings. The van der Waals surface area contributed by atoms with E-state index in [0.29, 0.717) is 12.8 Å². The molecule has 4 heterocycles. The molecule has 0 aromatic carbocycles. The van der Waals surface area contributed by atoms with Gasteiger partial charge in [-0.1, -0.05) is 18.2 Å². The van der Waals surface area contributed by atoms with Gasteiger partial charge in [0, 0.05) is 17.9 Å². The normalized spacial score (nSPS) is 52.6. The van der Waals surface area contributed by atoms with Crippen LogP contribution in [0.1, 0.15) is 40.0 Å². The lowest BCUT2D eigenvalue weighted by Crippen LogP contribution is -2.61. The zero-order valence-corrected chi connectivity index (χ0v) is 21.6. The fraction of sp³-hybridized carbons (Fsp3) is 0.741. The van der Waals surface area contributed by atoms with Gasteiger partial charge in [0.05, 0.1) is 30.3 Å². The molecule has 208 valence electrons. The topological polar surface area (TPSA) is 154 Å². The molecule has 0 radical (unpaired) electrons. The van der Waals surface area contributed by atoms with Crippen LogP contribution >= 0.6 is 0 Å². The maximum absolute atomic E-state index is 13.4. The Kier molecular flexibility index (Phi) is 6.14. The third-order valence-corrected chi connectivity index (χ3v) is 9.27. The van der Waals surface area contributed by atoms with Crippen LogP contribution in [-0.2, 0) is 42.8 Å². The highest BCUT2D eigenvalue weighted by Gasteiger charge is 2.74. The van der Waals surface area contributed by atoms with E-state index in [-0.39, 0.29) is 37.1 Å². The van der Waals surface area contributed by atoms with E-state index in [1.165, 1.54) is 25.2 Å². The number of aliphatic hydroxyl groups excluding tert-OH is 2. The van der Waals surface area contributed by atoms with E-state index in [4.69, 9.17) is 28.4 Å².